The molecule has 1 amide bonds. The zero-order valence-electron chi connectivity index (χ0n) is 15.7. The number of thioether (sulfide) groups is 1. The van der Waals surface area contributed by atoms with Gasteiger partial charge < -0.3 is 10.1 Å². The minimum atomic E-state index is -0.0662. The van der Waals surface area contributed by atoms with E-state index in [1.807, 2.05) is 54.6 Å². The number of amides is 1. The average molecular weight is 515 g/mol. The molecule has 7 heteroatoms. The van der Waals surface area contributed by atoms with Gasteiger partial charge in [0, 0.05) is 27.0 Å². The molecule has 2 aromatic carbocycles. The van der Waals surface area contributed by atoms with Gasteiger partial charge in [-0.15, -0.1) is 11.8 Å². The van der Waals surface area contributed by atoms with Crippen LogP contribution in [0, 0.1) is 14.9 Å². The van der Waals surface area contributed by atoms with Crippen LogP contribution in [0.3, 0.4) is 0 Å². The van der Waals surface area contributed by atoms with Crippen molar-refractivity contribution in [3.63, 3.8) is 0 Å². The summed E-state index contributed by atoms with van der Waals surface area (Å²) >= 11 is 3.63. The maximum absolute atomic E-state index is 12.2. The van der Waals surface area contributed by atoms with Crippen molar-refractivity contribution in [3.05, 3.63) is 69.8 Å². The molecular weight excluding hydrogens is 497 g/mol. The number of rotatable bonds is 7. The van der Waals surface area contributed by atoms with E-state index in [9.17, 15) is 10.1 Å². The number of anilines is 1. The Morgan fingerprint density at radius 2 is 1.86 bits per heavy atom. The van der Waals surface area contributed by atoms with Crippen molar-refractivity contribution >= 4 is 45.9 Å². The number of carbonyl (C=O) groups excluding carboxylic acids is 1. The summed E-state index contributed by atoms with van der Waals surface area (Å²) in [4.78, 5) is 16.8. The molecule has 0 aliphatic carbocycles. The number of benzene rings is 2. The molecule has 29 heavy (non-hydrogen) atoms. The normalized spacial score (nSPS) is 10.2. The molecule has 0 saturated carbocycles. The first-order valence-corrected chi connectivity index (χ1v) is 10.9. The highest BCUT2D eigenvalue weighted by Crippen LogP contribution is 2.27. The fourth-order valence-electron chi connectivity index (χ4n) is 2.56. The third-order valence-electron chi connectivity index (χ3n) is 4.06. The van der Waals surface area contributed by atoms with Gasteiger partial charge in [0.05, 0.1) is 18.4 Å². The number of methoxy groups -OCH3 is 1. The highest BCUT2D eigenvalue weighted by atomic mass is 127. The molecule has 3 rings (SSSR count). The molecule has 1 heterocycles. The fraction of sp³-hybridized carbons (Fsp3) is 0.136. The van der Waals surface area contributed by atoms with E-state index in [2.05, 4.69) is 39.0 Å². The van der Waals surface area contributed by atoms with Gasteiger partial charge in [-0.2, -0.15) is 5.26 Å². The number of aromatic nitrogens is 1. The Balaban J connectivity index is 1.63. The predicted molar refractivity (Wildman–Crippen MR) is 124 cm³/mol. The summed E-state index contributed by atoms with van der Waals surface area (Å²) in [5.74, 6) is 1.24. The molecule has 1 aromatic heterocycles. The van der Waals surface area contributed by atoms with Gasteiger partial charge in [0.1, 0.15) is 16.8 Å². The van der Waals surface area contributed by atoms with Crippen LogP contribution in [0.25, 0.3) is 11.3 Å². The van der Waals surface area contributed by atoms with Crippen molar-refractivity contribution in [2.45, 2.75) is 11.4 Å². The molecule has 0 aliphatic heterocycles. The second kappa shape index (κ2) is 10.3. The van der Waals surface area contributed by atoms with Gasteiger partial charge >= 0.3 is 0 Å². The van der Waals surface area contributed by atoms with Crippen molar-refractivity contribution in [2.24, 2.45) is 0 Å². The largest absolute Gasteiger partial charge is 0.497 e. The van der Waals surface area contributed by atoms with E-state index in [0.717, 1.165) is 26.3 Å². The Labute approximate surface area is 187 Å². The zero-order valence-corrected chi connectivity index (χ0v) is 18.7. The Kier molecular flexibility index (Phi) is 7.49. The highest BCUT2D eigenvalue weighted by molar-refractivity contribution is 14.1. The van der Waals surface area contributed by atoms with Crippen LogP contribution in [-0.2, 0) is 4.79 Å². The van der Waals surface area contributed by atoms with Crippen LogP contribution in [-0.4, -0.2) is 23.8 Å². The smallest absolute Gasteiger partial charge is 0.225 e. The predicted octanol–water partition coefficient (Wildman–Crippen LogP) is 5.35. The Morgan fingerprint density at radius 3 is 2.52 bits per heavy atom. The monoisotopic (exact) mass is 515 g/mol. The first-order chi connectivity index (χ1) is 14.1. The molecule has 0 radical (unpaired) electrons. The van der Waals surface area contributed by atoms with Crippen molar-refractivity contribution in [2.75, 3.05) is 18.2 Å². The molecule has 1 N–H and O–H groups in total. The van der Waals surface area contributed by atoms with Gasteiger partial charge in [-0.05, 0) is 83.3 Å². The molecular formula is C22H18IN3O2S. The lowest BCUT2D eigenvalue weighted by Gasteiger charge is -2.08. The lowest BCUT2D eigenvalue weighted by atomic mass is 10.1. The van der Waals surface area contributed by atoms with Crippen LogP contribution in [0.2, 0.25) is 0 Å². The van der Waals surface area contributed by atoms with Crippen LogP contribution in [0.5, 0.6) is 5.75 Å². The molecule has 0 atom stereocenters. The third kappa shape index (κ3) is 5.95. The number of pyridine rings is 1. The topological polar surface area (TPSA) is 75.0 Å². The van der Waals surface area contributed by atoms with E-state index < -0.39 is 0 Å². The van der Waals surface area contributed by atoms with Gasteiger partial charge in [0.25, 0.3) is 0 Å². The molecule has 146 valence electrons. The zero-order chi connectivity index (χ0) is 20.6. The first kappa shape index (κ1) is 21.1. The maximum atomic E-state index is 12.2. The number of carbonyl (C=O) groups is 1. The second-order valence-corrected chi connectivity index (χ2v) is 8.37. The van der Waals surface area contributed by atoms with Crippen LogP contribution in [0.1, 0.15) is 12.0 Å². The minimum absolute atomic E-state index is 0.0662. The van der Waals surface area contributed by atoms with E-state index in [4.69, 9.17) is 4.74 Å². The summed E-state index contributed by atoms with van der Waals surface area (Å²) in [6, 6.07) is 21.0. The average Bonchev–Trinajstić information content (AvgIpc) is 2.75. The number of hydrogen-bond acceptors (Lipinski definition) is 5. The van der Waals surface area contributed by atoms with Crippen molar-refractivity contribution in [1.82, 2.24) is 4.98 Å². The molecule has 0 spiro atoms. The SMILES string of the molecule is COc1ccc(-c2ccc(C#N)c(SCCC(=O)Nc3ccc(I)cc3)n2)cc1. The summed E-state index contributed by atoms with van der Waals surface area (Å²) in [5, 5.41) is 12.9. The van der Waals surface area contributed by atoms with Crippen LogP contribution >= 0.6 is 34.4 Å². The Bertz CT molecular complexity index is 1030. The van der Waals surface area contributed by atoms with Crippen LogP contribution in [0.15, 0.2) is 65.7 Å². The van der Waals surface area contributed by atoms with E-state index in [1.54, 1.807) is 13.2 Å². The lowest BCUT2D eigenvalue weighted by Crippen LogP contribution is -2.12. The number of halogens is 1. The summed E-state index contributed by atoms with van der Waals surface area (Å²) < 4.78 is 6.30. The quantitative estimate of drug-likeness (QED) is 0.339. The summed E-state index contributed by atoms with van der Waals surface area (Å²) in [7, 11) is 1.62. The second-order valence-electron chi connectivity index (χ2n) is 6.04. The molecule has 0 aliphatic rings. The summed E-state index contributed by atoms with van der Waals surface area (Å²) in [5.41, 5.74) is 2.99. The van der Waals surface area contributed by atoms with Gasteiger partial charge in [0.15, 0.2) is 0 Å². The fourth-order valence-corrected chi connectivity index (χ4v) is 3.83. The Hall–Kier alpha value is -2.57. The molecule has 0 unspecified atom stereocenters. The maximum Gasteiger partial charge on any atom is 0.225 e. The number of nitriles is 1. The minimum Gasteiger partial charge on any atom is -0.497 e. The van der Waals surface area contributed by atoms with Crippen molar-refractivity contribution in [3.8, 4) is 23.1 Å². The standard InChI is InChI=1S/C22H18IN3O2S/c1-28-19-9-2-15(3-10-19)20-11-4-16(14-24)22(26-20)29-13-12-21(27)25-18-7-5-17(23)6-8-18/h2-11H,12-13H2,1H3,(H,25,27). The number of nitrogens with zero attached hydrogens (tertiary/aromatic N) is 2. The molecule has 0 bridgehead atoms. The highest BCUT2D eigenvalue weighted by Gasteiger charge is 2.10. The van der Waals surface area contributed by atoms with Gasteiger partial charge in [-0.3, -0.25) is 4.79 Å². The molecule has 0 fully saturated rings. The number of hydrogen-bond donors (Lipinski definition) is 1. The molecule has 0 saturated heterocycles. The number of nitrogens with one attached hydrogen (secondary N) is 1. The summed E-state index contributed by atoms with van der Waals surface area (Å²) in [6.07, 6.45) is 0.329. The summed E-state index contributed by atoms with van der Waals surface area (Å²) in [6.45, 7) is 0. The molecule has 3 aromatic rings. The van der Waals surface area contributed by atoms with E-state index in [0.29, 0.717) is 22.8 Å². The van der Waals surface area contributed by atoms with Gasteiger partial charge in [-0.1, -0.05) is 0 Å². The number of ether oxygens (including phenoxy) is 1. The first-order valence-electron chi connectivity index (χ1n) is 8.83. The molecule has 5 nitrogen and oxygen atoms in total. The van der Waals surface area contributed by atoms with E-state index >= 15 is 0 Å². The lowest BCUT2D eigenvalue weighted by molar-refractivity contribution is -0.115. The van der Waals surface area contributed by atoms with Crippen molar-refractivity contribution < 1.29 is 9.53 Å². The Morgan fingerprint density at radius 1 is 1.14 bits per heavy atom. The van der Waals surface area contributed by atoms with E-state index in [-0.39, 0.29) is 5.91 Å². The van der Waals surface area contributed by atoms with Crippen LogP contribution in [0.4, 0.5) is 5.69 Å². The van der Waals surface area contributed by atoms with Gasteiger partial charge in [-0.25, -0.2) is 4.98 Å². The van der Waals surface area contributed by atoms with Crippen LogP contribution < -0.4 is 10.1 Å². The van der Waals surface area contributed by atoms with Gasteiger partial charge in [0.2, 0.25) is 5.91 Å². The third-order valence-corrected chi connectivity index (χ3v) is 5.77. The van der Waals surface area contributed by atoms with Crippen molar-refractivity contribution in [1.29, 1.82) is 5.26 Å². The van der Waals surface area contributed by atoms with E-state index in [1.165, 1.54) is 11.8 Å².